The Kier molecular flexibility index (Phi) is 5.69. The first-order valence-electron chi connectivity index (χ1n) is 7.84. The molecule has 0 fully saturated rings. The van der Waals surface area contributed by atoms with Crippen LogP contribution in [-0.4, -0.2) is 22.7 Å². The van der Waals surface area contributed by atoms with Crippen LogP contribution >= 0.6 is 0 Å². The summed E-state index contributed by atoms with van der Waals surface area (Å²) in [4.78, 5) is 4.17. The Balaban J connectivity index is 1.94. The highest BCUT2D eigenvalue weighted by molar-refractivity contribution is 5.62. The summed E-state index contributed by atoms with van der Waals surface area (Å²) in [5, 5.41) is 13.0. The van der Waals surface area contributed by atoms with E-state index in [1.807, 2.05) is 19.2 Å². The Morgan fingerprint density at radius 3 is 2.64 bits per heavy atom. The predicted octanol–water partition coefficient (Wildman–Crippen LogP) is 3.64. The quantitative estimate of drug-likeness (QED) is 0.820. The van der Waals surface area contributed by atoms with Gasteiger partial charge in [0, 0.05) is 25.5 Å². The molecule has 2 N–H and O–H groups in total. The van der Waals surface area contributed by atoms with Crippen LogP contribution < -0.4 is 5.32 Å². The van der Waals surface area contributed by atoms with Crippen molar-refractivity contribution in [2.75, 3.05) is 6.54 Å². The summed E-state index contributed by atoms with van der Waals surface area (Å²) in [5.74, 6) is 0. The minimum Gasteiger partial charge on any atom is -0.393 e. The smallest absolute Gasteiger partial charge is 0.0517 e. The van der Waals surface area contributed by atoms with Crippen molar-refractivity contribution >= 4 is 0 Å². The molecular formula is C19H26N2O. The Morgan fingerprint density at radius 1 is 1.18 bits per heavy atom. The normalized spacial score (nSPS) is 13.1. The maximum absolute atomic E-state index is 9.53. The molecule has 0 saturated heterocycles. The first kappa shape index (κ1) is 16.7. The van der Waals surface area contributed by atoms with Gasteiger partial charge in [0.25, 0.3) is 0 Å². The molecule has 1 unspecified atom stereocenters. The lowest BCUT2D eigenvalue weighted by molar-refractivity contribution is 0.128. The van der Waals surface area contributed by atoms with E-state index < -0.39 is 0 Å². The molecule has 2 aromatic rings. The number of aliphatic hydroxyl groups is 1. The van der Waals surface area contributed by atoms with E-state index in [0.29, 0.717) is 0 Å². The molecule has 1 aromatic heterocycles. The second-order valence-corrected chi connectivity index (χ2v) is 6.76. The summed E-state index contributed by atoms with van der Waals surface area (Å²) < 4.78 is 0. The van der Waals surface area contributed by atoms with Crippen molar-refractivity contribution in [1.82, 2.24) is 10.3 Å². The number of aliphatic hydroxyl groups excluding tert-OH is 1. The van der Waals surface area contributed by atoms with Crippen LogP contribution in [0.15, 0.2) is 48.8 Å². The molecule has 1 atom stereocenters. The van der Waals surface area contributed by atoms with Crippen LogP contribution in [0, 0.1) is 5.41 Å². The molecule has 3 nitrogen and oxygen atoms in total. The van der Waals surface area contributed by atoms with E-state index in [1.165, 1.54) is 11.1 Å². The number of pyridine rings is 1. The van der Waals surface area contributed by atoms with E-state index in [9.17, 15) is 5.11 Å². The third kappa shape index (κ3) is 5.24. The molecule has 0 spiro atoms. The molecule has 0 amide bonds. The van der Waals surface area contributed by atoms with Crippen molar-refractivity contribution < 1.29 is 5.11 Å². The number of aromatic nitrogens is 1. The second kappa shape index (κ2) is 7.52. The zero-order valence-corrected chi connectivity index (χ0v) is 13.7. The molecular weight excluding hydrogens is 272 g/mol. The zero-order valence-electron chi connectivity index (χ0n) is 13.7. The Bertz CT molecular complexity index is 579. The molecule has 22 heavy (non-hydrogen) atoms. The Hall–Kier alpha value is -1.71. The largest absolute Gasteiger partial charge is 0.393 e. The van der Waals surface area contributed by atoms with Crippen LogP contribution in [0.4, 0.5) is 0 Å². The molecule has 0 saturated carbocycles. The van der Waals surface area contributed by atoms with Crippen LogP contribution in [0.3, 0.4) is 0 Å². The van der Waals surface area contributed by atoms with Crippen molar-refractivity contribution in [3.8, 4) is 11.1 Å². The number of nitrogens with one attached hydrogen (secondary N) is 1. The fourth-order valence-corrected chi connectivity index (χ4v) is 2.81. The van der Waals surface area contributed by atoms with E-state index in [2.05, 4.69) is 54.5 Å². The summed E-state index contributed by atoms with van der Waals surface area (Å²) in [6.45, 7) is 7.92. The number of hydrogen-bond acceptors (Lipinski definition) is 3. The van der Waals surface area contributed by atoms with Crippen molar-refractivity contribution in [3.63, 3.8) is 0 Å². The lowest BCUT2D eigenvalue weighted by atomic mass is 9.87. The van der Waals surface area contributed by atoms with Gasteiger partial charge in [0.05, 0.1) is 6.10 Å². The second-order valence-electron chi connectivity index (χ2n) is 6.76. The van der Waals surface area contributed by atoms with Gasteiger partial charge in [-0.1, -0.05) is 38.1 Å². The van der Waals surface area contributed by atoms with Crippen LogP contribution in [-0.2, 0) is 6.54 Å². The van der Waals surface area contributed by atoms with Crippen molar-refractivity contribution in [2.45, 2.75) is 39.8 Å². The van der Waals surface area contributed by atoms with Crippen molar-refractivity contribution in [1.29, 1.82) is 0 Å². The minimum absolute atomic E-state index is 0.0924. The fraction of sp³-hybridized carbons (Fsp3) is 0.421. The average molecular weight is 298 g/mol. The minimum atomic E-state index is -0.259. The highest BCUT2D eigenvalue weighted by atomic mass is 16.3. The van der Waals surface area contributed by atoms with Gasteiger partial charge in [-0.2, -0.15) is 0 Å². The summed E-state index contributed by atoms with van der Waals surface area (Å²) in [5.41, 5.74) is 3.68. The van der Waals surface area contributed by atoms with Gasteiger partial charge in [0.1, 0.15) is 0 Å². The fourth-order valence-electron chi connectivity index (χ4n) is 2.81. The van der Waals surface area contributed by atoms with E-state index in [4.69, 9.17) is 0 Å². The third-order valence-electron chi connectivity index (χ3n) is 3.70. The molecule has 0 radical (unpaired) electrons. The molecule has 118 valence electrons. The molecule has 1 heterocycles. The third-order valence-corrected chi connectivity index (χ3v) is 3.70. The van der Waals surface area contributed by atoms with E-state index in [1.54, 1.807) is 6.20 Å². The summed E-state index contributed by atoms with van der Waals surface area (Å²) in [6, 6.07) is 12.6. The summed E-state index contributed by atoms with van der Waals surface area (Å²) >= 11 is 0. The SMILES string of the molecule is CC(O)CC(C)(C)CNCc1cccc(-c2cccnc2)c1. The standard InChI is InChI=1S/C19H26N2O/c1-15(22)11-19(2,3)14-21-12-16-6-4-7-17(10-16)18-8-5-9-20-13-18/h4-10,13,15,21-22H,11-12,14H2,1-3H3. The predicted molar refractivity (Wildman–Crippen MR) is 91.5 cm³/mol. The zero-order chi connectivity index (χ0) is 16.0. The molecule has 0 aliphatic rings. The van der Waals surface area contributed by atoms with Gasteiger partial charge in [-0.15, -0.1) is 0 Å². The van der Waals surface area contributed by atoms with Crippen LogP contribution in [0.25, 0.3) is 11.1 Å². The number of benzene rings is 1. The highest BCUT2D eigenvalue weighted by Gasteiger charge is 2.19. The van der Waals surface area contributed by atoms with Crippen LogP contribution in [0.2, 0.25) is 0 Å². The van der Waals surface area contributed by atoms with Gasteiger partial charge in [-0.05, 0) is 47.6 Å². The lowest BCUT2D eigenvalue weighted by Gasteiger charge is -2.26. The van der Waals surface area contributed by atoms with E-state index >= 15 is 0 Å². The number of hydrogen-bond donors (Lipinski definition) is 2. The van der Waals surface area contributed by atoms with E-state index in [-0.39, 0.29) is 11.5 Å². The molecule has 0 aliphatic heterocycles. The monoisotopic (exact) mass is 298 g/mol. The summed E-state index contributed by atoms with van der Waals surface area (Å²) in [6.07, 6.45) is 4.22. The molecule has 2 rings (SSSR count). The number of rotatable bonds is 7. The first-order chi connectivity index (χ1) is 10.5. The molecule has 1 aromatic carbocycles. The van der Waals surface area contributed by atoms with Crippen molar-refractivity contribution in [3.05, 3.63) is 54.4 Å². The number of nitrogens with zero attached hydrogens (tertiary/aromatic N) is 1. The maximum Gasteiger partial charge on any atom is 0.0517 e. The van der Waals surface area contributed by atoms with Crippen LogP contribution in [0.5, 0.6) is 0 Å². The Morgan fingerprint density at radius 2 is 1.95 bits per heavy atom. The van der Waals surface area contributed by atoms with Gasteiger partial charge < -0.3 is 10.4 Å². The average Bonchev–Trinajstić information content (AvgIpc) is 2.47. The van der Waals surface area contributed by atoms with Gasteiger partial charge in [-0.3, -0.25) is 4.98 Å². The first-order valence-corrected chi connectivity index (χ1v) is 7.84. The topological polar surface area (TPSA) is 45.1 Å². The molecule has 0 aliphatic carbocycles. The van der Waals surface area contributed by atoms with Gasteiger partial charge in [0.15, 0.2) is 0 Å². The summed E-state index contributed by atoms with van der Waals surface area (Å²) in [7, 11) is 0. The maximum atomic E-state index is 9.53. The van der Waals surface area contributed by atoms with Gasteiger partial charge in [0.2, 0.25) is 0 Å². The molecule has 0 bridgehead atoms. The van der Waals surface area contributed by atoms with Gasteiger partial charge in [-0.25, -0.2) is 0 Å². The lowest BCUT2D eigenvalue weighted by Crippen LogP contribution is -2.31. The van der Waals surface area contributed by atoms with E-state index in [0.717, 1.165) is 25.1 Å². The molecule has 3 heteroatoms. The Labute approximate surface area is 133 Å². The van der Waals surface area contributed by atoms with Gasteiger partial charge >= 0.3 is 0 Å². The van der Waals surface area contributed by atoms with Crippen LogP contribution in [0.1, 0.15) is 32.8 Å². The highest BCUT2D eigenvalue weighted by Crippen LogP contribution is 2.22. The van der Waals surface area contributed by atoms with Crippen molar-refractivity contribution in [2.24, 2.45) is 5.41 Å².